The van der Waals surface area contributed by atoms with Gasteiger partial charge in [-0.05, 0) is 55.9 Å². The molecule has 2 aliphatic carbocycles. The van der Waals surface area contributed by atoms with Crippen LogP contribution in [0.25, 0.3) is 0 Å². The Morgan fingerprint density at radius 1 is 1.33 bits per heavy atom. The largest absolute Gasteiger partial charge is 0.383 e. The van der Waals surface area contributed by atoms with E-state index in [1.165, 1.54) is 25.7 Å². The maximum Gasteiger partial charge on any atom is 0.253 e. The third-order valence-corrected chi connectivity index (χ3v) is 4.58. The number of pyridine rings is 1. The lowest BCUT2D eigenvalue weighted by atomic mass is 9.98. The highest BCUT2D eigenvalue weighted by Gasteiger charge is 2.41. The molecule has 2 fully saturated rings. The summed E-state index contributed by atoms with van der Waals surface area (Å²) in [7, 11) is 0. The van der Waals surface area contributed by atoms with Crippen LogP contribution in [-0.2, 0) is 0 Å². The first-order valence-corrected chi connectivity index (χ1v) is 8.25. The summed E-state index contributed by atoms with van der Waals surface area (Å²) in [5, 5.41) is 6.43. The second kappa shape index (κ2) is 6.46. The van der Waals surface area contributed by atoms with Crippen molar-refractivity contribution in [3.63, 3.8) is 0 Å². The molecule has 3 rings (SSSR count). The van der Waals surface area contributed by atoms with E-state index in [1.54, 1.807) is 18.5 Å². The highest BCUT2D eigenvalue weighted by atomic mass is 16.1. The molecule has 2 saturated carbocycles. The second-order valence-electron chi connectivity index (χ2n) is 6.40. The van der Waals surface area contributed by atoms with Crippen LogP contribution in [-0.4, -0.2) is 24.0 Å². The molecule has 0 saturated heterocycles. The van der Waals surface area contributed by atoms with Gasteiger partial charge in [0.15, 0.2) is 0 Å². The molecule has 0 unspecified atom stereocenters. The average molecular weight is 287 g/mol. The van der Waals surface area contributed by atoms with E-state index in [1.807, 2.05) is 0 Å². The fourth-order valence-corrected chi connectivity index (χ4v) is 3.07. The molecule has 21 heavy (non-hydrogen) atoms. The first-order valence-electron chi connectivity index (χ1n) is 8.25. The molecular formula is C17H25N3O. The minimum atomic E-state index is 0.0299. The number of aromatic nitrogens is 1. The number of hydrogen-bond acceptors (Lipinski definition) is 3. The number of nitrogens with one attached hydrogen (secondary N) is 2. The van der Waals surface area contributed by atoms with Gasteiger partial charge in [-0.15, -0.1) is 0 Å². The van der Waals surface area contributed by atoms with Gasteiger partial charge in [0, 0.05) is 19.3 Å². The van der Waals surface area contributed by atoms with E-state index in [9.17, 15) is 4.79 Å². The van der Waals surface area contributed by atoms with Crippen molar-refractivity contribution >= 4 is 11.6 Å². The lowest BCUT2D eigenvalue weighted by Crippen LogP contribution is -2.31. The molecule has 114 valence electrons. The quantitative estimate of drug-likeness (QED) is 0.772. The van der Waals surface area contributed by atoms with Crippen molar-refractivity contribution in [1.29, 1.82) is 0 Å². The molecule has 1 aromatic rings. The molecule has 2 N–H and O–H groups in total. The Morgan fingerprint density at radius 3 is 2.67 bits per heavy atom. The minimum Gasteiger partial charge on any atom is -0.383 e. The Hall–Kier alpha value is -1.58. The van der Waals surface area contributed by atoms with Gasteiger partial charge in [0.25, 0.3) is 5.91 Å². The van der Waals surface area contributed by atoms with E-state index in [-0.39, 0.29) is 5.91 Å². The molecule has 1 amide bonds. The van der Waals surface area contributed by atoms with Gasteiger partial charge in [-0.1, -0.05) is 6.92 Å². The van der Waals surface area contributed by atoms with Crippen LogP contribution in [0.15, 0.2) is 18.5 Å². The van der Waals surface area contributed by atoms with E-state index >= 15 is 0 Å². The summed E-state index contributed by atoms with van der Waals surface area (Å²) in [4.78, 5) is 16.6. The van der Waals surface area contributed by atoms with Crippen molar-refractivity contribution in [2.75, 3.05) is 18.4 Å². The van der Waals surface area contributed by atoms with Crippen molar-refractivity contribution in [2.24, 2.45) is 17.8 Å². The molecule has 1 aromatic heterocycles. The number of carbonyl (C=O) groups is 1. The van der Waals surface area contributed by atoms with Crippen LogP contribution >= 0.6 is 0 Å². The van der Waals surface area contributed by atoms with Crippen molar-refractivity contribution in [1.82, 2.24) is 10.3 Å². The predicted octanol–water partition coefficient (Wildman–Crippen LogP) is 3.07. The van der Waals surface area contributed by atoms with Crippen LogP contribution in [0.4, 0.5) is 5.69 Å². The number of carbonyl (C=O) groups excluding carboxylic acids is 1. The van der Waals surface area contributed by atoms with Crippen molar-refractivity contribution < 1.29 is 4.79 Å². The average Bonchev–Trinajstić information content (AvgIpc) is 3.38. The van der Waals surface area contributed by atoms with E-state index in [0.717, 1.165) is 37.0 Å². The van der Waals surface area contributed by atoms with Crippen molar-refractivity contribution in [3.05, 3.63) is 24.0 Å². The topological polar surface area (TPSA) is 54.0 Å². The number of amides is 1. The molecule has 0 aliphatic heterocycles. The summed E-state index contributed by atoms with van der Waals surface area (Å²) in [5.41, 5.74) is 1.55. The van der Waals surface area contributed by atoms with Gasteiger partial charge in [-0.3, -0.25) is 9.78 Å². The maximum atomic E-state index is 12.4. The monoisotopic (exact) mass is 287 g/mol. The summed E-state index contributed by atoms with van der Waals surface area (Å²) in [6, 6.07) is 1.80. The summed E-state index contributed by atoms with van der Waals surface area (Å²) < 4.78 is 0. The number of rotatable bonds is 8. The van der Waals surface area contributed by atoms with Crippen LogP contribution in [0.1, 0.15) is 49.4 Å². The van der Waals surface area contributed by atoms with Gasteiger partial charge in [-0.2, -0.15) is 0 Å². The molecule has 0 bridgehead atoms. The molecule has 4 nitrogen and oxygen atoms in total. The Balaban J connectivity index is 1.59. The van der Waals surface area contributed by atoms with Gasteiger partial charge in [-0.25, -0.2) is 0 Å². The van der Waals surface area contributed by atoms with Gasteiger partial charge in [0.1, 0.15) is 0 Å². The standard InChI is InChI=1S/C17H25N3O/c1-2-8-19-16-11-18-9-7-14(16)17(21)20-10-15(12-3-4-12)13-5-6-13/h7,9,11-13,15,19H,2-6,8,10H2,1H3,(H,20,21). The fourth-order valence-electron chi connectivity index (χ4n) is 3.07. The molecule has 2 aliphatic rings. The third kappa shape index (κ3) is 3.74. The first kappa shape index (κ1) is 14.4. The second-order valence-corrected chi connectivity index (χ2v) is 6.40. The summed E-state index contributed by atoms with van der Waals surface area (Å²) in [6.07, 6.45) is 9.88. The van der Waals surface area contributed by atoms with Gasteiger partial charge in [0.2, 0.25) is 0 Å². The van der Waals surface area contributed by atoms with Crippen molar-refractivity contribution in [2.45, 2.75) is 39.0 Å². The Kier molecular flexibility index (Phi) is 4.42. The van der Waals surface area contributed by atoms with E-state index < -0.39 is 0 Å². The molecule has 1 heterocycles. The van der Waals surface area contributed by atoms with Crippen molar-refractivity contribution in [3.8, 4) is 0 Å². The molecule has 4 heteroatoms. The fraction of sp³-hybridized carbons (Fsp3) is 0.647. The van der Waals surface area contributed by atoms with Crippen LogP contribution < -0.4 is 10.6 Å². The van der Waals surface area contributed by atoms with Crippen LogP contribution in [0.3, 0.4) is 0 Å². The molecular weight excluding hydrogens is 262 g/mol. The zero-order valence-electron chi connectivity index (χ0n) is 12.8. The third-order valence-electron chi connectivity index (χ3n) is 4.58. The number of anilines is 1. The summed E-state index contributed by atoms with van der Waals surface area (Å²) in [5.74, 6) is 2.48. The number of hydrogen-bond donors (Lipinski definition) is 2. The van der Waals surface area contributed by atoms with Crippen LogP contribution in [0.5, 0.6) is 0 Å². The normalized spacial score (nSPS) is 17.8. The zero-order chi connectivity index (χ0) is 14.7. The SMILES string of the molecule is CCCNc1cnccc1C(=O)NCC(C1CC1)C1CC1. The van der Waals surface area contributed by atoms with E-state index in [2.05, 4.69) is 22.5 Å². The highest BCUT2D eigenvalue weighted by molar-refractivity contribution is 5.99. The molecule has 0 spiro atoms. The molecule has 0 radical (unpaired) electrons. The van der Waals surface area contributed by atoms with Crippen LogP contribution in [0.2, 0.25) is 0 Å². The predicted molar refractivity (Wildman–Crippen MR) is 84.3 cm³/mol. The zero-order valence-corrected chi connectivity index (χ0v) is 12.8. The smallest absolute Gasteiger partial charge is 0.253 e. The Morgan fingerprint density at radius 2 is 2.05 bits per heavy atom. The summed E-state index contributed by atoms with van der Waals surface area (Å²) >= 11 is 0. The highest BCUT2D eigenvalue weighted by Crippen LogP contribution is 2.48. The molecule has 0 atom stereocenters. The van der Waals surface area contributed by atoms with Crippen LogP contribution in [0, 0.1) is 17.8 Å². The maximum absolute atomic E-state index is 12.4. The van der Waals surface area contributed by atoms with Gasteiger partial charge in [0.05, 0.1) is 17.4 Å². The summed E-state index contributed by atoms with van der Waals surface area (Å²) in [6.45, 7) is 3.81. The lowest BCUT2D eigenvalue weighted by molar-refractivity contribution is 0.0944. The van der Waals surface area contributed by atoms with E-state index in [0.29, 0.717) is 11.5 Å². The first-order chi connectivity index (χ1) is 10.3. The molecule has 0 aromatic carbocycles. The Bertz CT molecular complexity index is 483. The number of nitrogens with zero attached hydrogens (tertiary/aromatic N) is 1. The Labute approximate surface area is 126 Å². The van der Waals surface area contributed by atoms with E-state index in [4.69, 9.17) is 0 Å². The lowest BCUT2D eigenvalue weighted by Gasteiger charge is -2.17. The minimum absolute atomic E-state index is 0.0299. The van der Waals surface area contributed by atoms with Gasteiger partial charge < -0.3 is 10.6 Å². The van der Waals surface area contributed by atoms with Gasteiger partial charge >= 0.3 is 0 Å².